The van der Waals surface area contributed by atoms with Crippen molar-refractivity contribution in [1.82, 2.24) is 30.3 Å². The van der Waals surface area contributed by atoms with Gasteiger partial charge in [-0.3, -0.25) is 9.69 Å². The highest BCUT2D eigenvalue weighted by Gasteiger charge is 2.19. The Labute approximate surface area is 143 Å². The SMILES string of the molecule is O=C1CN(Cc2nc(-c3ccc(-c4ccncn4)cc3)no2)CCN1. The van der Waals surface area contributed by atoms with Crippen molar-refractivity contribution in [2.75, 3.05) is 19.6 Å². The van der Waals surface area contributed by atoms with Gasteiger partial charge in [0.1, 0.15) is 6.33 Å². The minimum absolute atomic E-state index is 0.0197. The lowest BCUT2D eigenvalue weighted by Crippen LogP contribution is -2.47. The van der Waals surface area contributed by atoms with Gasteiger partial charge < -0.3 is 9.84 Å². The first-order valence-electron chi connectivity index (χ1n) is 7.96. The number of hydrogen-bond donors (Lipinski definition) is 1. The fourth-order valence-corrected chi connectivity index (χ4v) is 2.71. The normalized spacial score (nSPS) is 15.1. The standard InChI is InChI=1S/C17H16N6O2/c24-15-9-23(8-7-19-15)10-16-21-17(22-25-16)13-3-1-12(2-4-13)14-5-6-18-11-20-14/h1-6,11H,7-10H2,(H,19,24). The summed E-state index contributed by atoms with van der Waals surface area (Å²) in [6, 6.07) is 9.64. The molecular formula is C17H16N6O2. The third-order valence-corrected chi connectivity index (χ3v) is 3.97. The van der Waals surface area contributed by atoms with Gasteiger partial charge in [0.2, 0.25) is 17.6 Å². The number of nitrogens with one attached hydrogen (secondary N) is 1. The molecule has 0 saturated carbocycles. The minimum Gasteiger partial charge on any atom is -0.354 e. The summed E-state index contributed by atoms with van der Waals surface area (Å²) in [7, 11) is 0. The summed E-state index contributed by atoms with van der Waals surface area (Å²) in [4.78, 5) is 26.0. The summed E-state index contributed by atoms with van der Waals surface area (Å²) in [5.41, 5.74) is 2.72. The number of amides is 1. The summed E-state index contributed by atoms with van der Waals surface area (Å²) in [5, 5.41) is 6.83. The average molecular weight is 336 g/mol. The van der Waals surface area contributed by atoms with Gasteiger partial charge >= 0.3 is 0 Å². The molecule has 25 heavy (non-hydrogen) atoms. The number of carbonyl (C=O) groups excluding carboxylic acids is 1. The predicted molar refractivity (Wildman–Crippen MR) is 89.0 cm³/mol. The molecule has 1 fully saturated rings. The van der Waals surface area contributed by atoms with Crippen LogP contribution in [0.15, 0.2) is 47.4 Å². The molecule has 0 bridgehead atoms. The van der Waals surface area contributed by atoms with Crippen molar-refractivity contribution >= 4 is 5.91 Å². The Hall–Kier alpha value is -3.13. The van der Waals surface area contributed by atoms with Crippen molar-refractivity contribution in [1.29, 1.82) is 0 Å². The van der Waals surface area contributed by atoms with E-state index in [2.05, 4.69) is 25.4 Å². The van der Waals surface area contributed by atoms with Crippen LogP contribution in [0.1, 0.15) is 5.89 Å². The summed E-state index contributed by atoms with van der Waals surface area (Å²) < 4.78 is 5.32. The summed E-state index contributed by atoms with van der Waals surface area (Å²) in [6.07, 6.45) is 3.23. The van der Waals surface area contributed by atoms with Crippen LogP contribution >= 0.6 is 0 Å². The molecule has 2 aromatic heterocycles. The first-order chi connectivity index (χ1) is 12.3. The fraction of sp³-hybridized carbons (Fsp3) is 0.235. The van der Waals surface area contributed by atoms with Crippen LogP contribution in [0.5, 0.6) is 0 Å². The van der Waals surface area contributed by atoms with E-state index in [0.29, 0.717) is 31.3 Å². The maximum absolute atomic E-state index is 11.4. The van der Waals surface area contributed by atoms with Gasteiger partial charge in [0.25, 0.3) is 0 Å². The Morgan fingerprint density at radius 1 is 1.16 bits per heavy atom. The molecule has 1 amide bonds. The second kappa shape index (κ2) is 6.78. The molecular weight excluding hydrogens is 320 g/mol. The second-order valence-electron chi connectivity index (χ2n) is 5.74. The summed E-state index contributed by atoms with van der Waals surface area (Å²) in [5.74, 6) is 1.06. The van der Waals surface area contributed by atoms with Crippen molar-refractivity contribution in [3.05, 3.63) is 48.7 Å². The number of rotatable bonds is 4. The molecule has 0 radical (unpaired) electrons. The Morgan fingerprint density at radius 2 is 2.00 bits per heavy atom. The highest BCUT2D eigenvalue weighted by Crippen LogP contribution is 2.21. The summed E-state index contributed by atoms with van der Waals surface area (Å²) >= 11 is 0. The maximum Gasteiger partial charge on any atom is 0.241 e. The zero-order valence-corrected chi connectivity index (χ0v) is 13.4. The van der Waals surface area contributed by atoms with Gasteiger partial charge in [-0.05, 0) is 6.07 Å². The van der Waals surface area contributed by atoms with Crippen LogP contribution in [0.25, 0.3) is 22.6 Å². The molecule has 1 aliphatic rings. The Kier molecular flexibility index (Phi) is 4.17. The number of aromatic nitrogens is 4. The number of hydrogen-bond acceptors (Lipinski definition) is 7. The largest absolute Gasteiger partial charge is 0.354 e. The van der Waals surface area contributed by atoms with Gasteiger partial charge in [-0.15, -0.1) is 0 Å². The topological polar surface area (TPSA) is 97.0 Å². The molecule has 1 saturated heterocycles. The van der Waals surface area contributed by atoms with Crippen molar-refractivity contribution in [3.8, 4) is 22.6 Å². The van der Waals surface area contributed by atoms with E-state index in [0.717, 1.165) is 23.4 Å². The molecule has 0 unspecified atom stereocenters. The lowest BCUT2D eigenvalue weighted by atomic mass is 10.1. The van der Waals surface area contributed by atoms with Gasteiger partial charge in [0, 0.05) is 30.4 Å². The van der Waals surface area contributed by atoms with Crippen molar-refractivity contribution in [3.63, 3.8) is 0 Å². The molecule has 126 valence electrons. The number of benzene rings is 1. The zero-order chi connectivity index (χ0) is 17.1. The Morgan fingerprint density at radius 3 is 2.76 bits per heavy atom. The third-order valence-electron chi connectivity index (χ3n) is 3.97. The van der Waals surface area contributed by atoms with Crippen LogP contribution in [0.4, 0.5) is 0 Å². The van der Waals surface area contributed by atoms with E-state index in [4.69, 9.17) is 4.52 Å². The molecule has 0 aliphatic carbocycles. The van der Waals surface area contributed by atoms with Crippen LogP contribution in [-0.4, -0.2) is 50.5 Å². The van der Waals surface area contributed by atoms with Crippen LogP contribution in [0.2, 0.25) is 0 Å². The average Bonchev–Trinajstić information content (AvgIpc) is 3.11. The molecule has 0 spiro atoms. The van der Waals surface area contributed by atoms with Crippen LogP contribution in [-0.2, 0) is 11.3 Å². The van der Waals surface area contributed by atoms with Gasteiger partial charge in [-0.25, -0.2) is 9.97 Å². The molecule has 1 aliphatic heterocycles. The van der Waals surface area contributed by atoms with E-state index < -0.39 is 0 Å². The van der Waals surface area contributed by atoms with Crippen LogP contribution in [0.3, 0.4) is 0 Å². The molecule has 1 aromatic carbocycles. The van der Waals surface area contributed by atoms with E-state index in [1.165, 1.54) is 6.33 Å². The van der Waals surface area contributed by atoms with E-state index in [1.807, 2.05) is 35.2 Å². The lowest BCUT2D eigenvalue weighted by molar-refractivity contribution is -0.124. The number of nitrogens with zero attached hydrogens (tertiary/aromatic N) is 5. The van der Waals surface area contributed by atoms with Gasteiger partial charge in [0.15, 0.2) is 0 Å². The van der Waals surface area contributed by atoms with E-state index in [-0.39, 0.29) is 5.91 Å². The minimum atomic E-state index is 0.0197. The Balaban J connectivity index is 1.47. The number of carbonyl (C=O) groups is 1. The second-order valence-corrected chi connectivity index (χ2v) is 5.74. The van der Waals surface area contributed by atoms with Gasteiger partial charge in [-0.2, -0.15) is 4.98 Å². The monoisotopic (exact) mass is 336 g/mol. The molecule has 0 atom stereocenters. The van der Waals surface area contributed by atoms with Crippen LogP contribution < -0.4 is 5.32 Å². The molecule has 3 heterocycles. The van der Waals surface area contributed by atoms with E-state index >= 15 is 0 Å². The smallest absolute Gasteiger partial charge is 0.241 e. The molecule has 1 N–H and O–H groups in total. The third kappa shape index (κ3) is 3.53. The molecule has 3 aromatic rings. The Bertz CT molecular complexity index is 862. The first kappa shape index (κ1) is 15.4. The molecule has 8 nitrogen and oxygen atoms in total. The van der Waals surface area contributed by atoms with Crippen molar-refractivity contribution < 1.29 is 9.32 Å². The first-order valence-corrected chi connectivity index (χ1v) is 7.96. The molecule has 8 heteroatoms. The predicted octanol–water partition coefficient (Wildman–Crippen LogP) is 1.13. The van der Waals surface area contributed by atoms with Crippen LogP contribution in [0, 0.1) is 0 Å². The molecule has 4 rings (SSSR count). The maximum atomic E-state index is 11.4. The fourth-order valence-electron chi connectivity index (χ4n) is 2.71. The zero-order valence-electron chi connectivity index (χ0n) is 13.4. The highest BCUT2D eigenvalue weighted by atomic mass is 16.5. The highest BCUT2D eigenvalue weighted by molar-refractivity contribution is 5.78. The van der Waals surface area contributed by atoms with Crippen molar-refractivity contribution in [2.24, 2.45) is 0 Å². The lowest BCUT2D eigenvalue weighted by Gasteiger charge is -2.24. The van der Waals surface area contributed by atoms with Crippen molar-refractivity contribution in [2.45, 2.75) is 6.54 Å². The van der Waals surface area contributed by atoms with E-state index in [9.17, 15) is 4.79 Å². The van der Waals surface area contributed by atoms with Gasteiger partial charge in [-0.1, -0.05) is 29.4 Å². The summed E-state index contributed by atoms with van der Waals surface area (Å²) in [6.45, 7) is 2.24. The number of piperazine rings is 1. The van der Waals surface area contributed by atoms with Gasteiger partial charge in [0.05, 0.1) is 18.8 Å². The quantitative estimate of drug-likeness (QED) is 0.762. The van der Waals surface area contributed by atoms with E-state index in [1.54, 1.807) is 6.20 Å².